The lowest BCUT2D eigenvalue weighted by Crippen LogP contribution is -2.06. The molecule has 0 aliphatic heterocycles. The van der Waals surface area contributed by atoms with Crippen LogP contribution in [0.4, 0.5) is 0 Å². The Morgan fingerprint density at radius 1 is 1.67 bits per heavy atom. The first kappa shape index (κ1) is 9.24. The van der Waals surface area contributed by atoms with E-state index in [0.717, 1.165) is 0 Å². The number of halogens is 2. The molecular formula is C5H8BrClO2. The minimum absolute atomic E-state index is 0.201. The van der Waals surface area contributed by atoms with Gasteiger partial charge in [-0.05, 0) is 0 Å². The van der Waals surface area contributed by atoms with Gasteiger partial charge < -0.3 is 4.74 Å². The van der Waals surface area contributed by atoms with Crippen LogP contribution >= 0.6 is 27.5 Å². The van der Waals surface area contributed by atoms with Gasteiger partial charge in [0.05, 0.1) is 12.3 Å². The van der Waals surface area contributed by atoms with Crippen molar-refractivity contribution >= 4 is 33.5 Å². The lowest BCUT2D eigenvalue weighted by molar-refractivity contribution is -0.142. The summed E-state index contributed by atoms with van der Waals surface area (Å²) in [6.07, 6.45) is 0.414. The quantitative estimate of drug-likeness (QED) is 0.525. The summed E-state index contributed by atoms with van der Waals surface area (Å²) >= 11 is 8.36. The van der Waals surface area contributed by atoms with E-state index in [9.17, 15) is 4.79 Å². The number of hydrogen-bond donors (Lipinski definition) is 0. The van der Waals surface area contributed by atoms with E-state index in [1.54, 1.807) is 0 Å². The van der Waals surface area contributed by atoms with Crippen molar-refractivity contribution in [2.75, 3.05) is 17.8 Å². The van der Waals surface area contributed by atoms with Gasteiger partial charge in [-0.3, -0.25) is 4.79 Å². The van der Waals surface area contributed by atoms with Crippen LogP contribution in [0, 0.1) is 0 Å². The fraction of sp³-hybridized carbons (Fsp3) is 0.800. The van der Waals surface area contributed by atoms with E-state index in [1.165, 1.54) is 0 Å². The van der Waals surface area contributed by atoms with E-state index >= 15 is 0 Å². The van der Waals surface area contributed by atoms with Crippen LogP contribution in [-0.4, -0.2) is 23.8 Å². The summed E-state index contributed by atoms with van der Waals surface area (Å²) in [5.74, 6) is 0.168. The van der Waals surface area contributed by atoms with E-state index in [0.29, 0.717) is 24.2 Å². The maximum atomic E-state index is 10.5. The molecule has 0 unspecified atom stereocenters. The standard InChI is InChI=1S/C5H8BrClO2/c6-2-1-5(8)9-4-3-7/h1-4H2. The van der Waals surface area contributed by atoms with Crippen LogP contribution in [0.2, 0.25) is 0 Å². The molecule has 0 atom stereocenters. The number of alkyl halides is 2. The largest absolute Gasteiger partial charge is 0.464 e. The zero-order valence-electron chi connectivity index (χ0n) is 4.90. The van der Waals surface area contributed by atoms with Crippen molar-refractivity contribution in [1.82, 2.24) is 0 Å². The molecule has 0 saturated carbocycles. The number of rotatable bonds is 4. The molecule has 0 spiro atoms. The van der Waals surface area contributed by atoms with Crippen LogP contribution in [0.3, 0.4) is 0 Å². The van der Waals surface area contributed by atoms with Crippen LogP contribution in [0.25, 0.3) is 0 Å². The van der Waals surface area contributed by atoms with Crippen LogP contribution in [0.5, 0.6) is 0 Å². The highest BCUT2D eigenvalue weighted by Gasteiger charge is 1.98. The highest BCUT2D eigenvalue weighted by atomic mass is 79.9. The SMILES string of the molecule is O=C(CCBr)OCCCl. The van der Waals surface area contributed by atoms with Gasteiger partial charge in [0.15, 0.2) is 0 Å². The van der Waals surface area contributed by atoms with Crippen molar-refractivity contribution in [1.29, 1.82) is 0 Å². The Labute approximate surface area is 67.6 Å². The summed E-state index contributed by atoms with van der Waals surface area (Å²) in [6.45, 7) is 0.313. The fourth-order valence-corrected chi connectivity index (χ4v) is 0.703. The molecule has 0 amide bonds. The summed E-state index contributed by atoms with van der Waals surface area (Å²) in [5, 5.41) is 0.647. The molecule has 0 aromatic heterocycles. The van der Waals surface area contributed by atoms with E-state index < -0.39 is 0 Å². The average molecular weight is 215 g/mol. The Kier molecular flexibility index (Phi) is 6.53. The van der Waals surface area contributed by atoms with E-state index in [1.807, 2.05) is 0 Å². The summed E-state index contributed by atoms with van der Waals surface area (Å²) in [5.41, 5.74) is 0. The highest BCUT2D eigenvalue weighted by molar-refractivity contribution is 9.09. The Bertz CT molecular complexity index is 87.0. The van der Waals surface area contributed by atoms with Crippen LogP contribution < -0.4 is 0 Å². The Hall–Kier alpha value is 0.240. The minimum Gasteiger partial charge on any atom is -0.464 e. The molecule has 4 heteroatoms. The fourth-order valence-electron chi connectivity index (χ4n) is 0.302. The van der Waals surface area contributed by atoms with Gasteiger partial charge in [0.1, 0.15) is 6.61 Å². The van der Waals surface area contributed by atoms with Crippen molar-refractivity contribution in [2.45, 2.75) is 6.42 Å². The molecule has 0 rings (SSSR count). The highest BCUT2D eigenvalue weighted by Crippen LogP contribution is 1.91. The second kappa shape index (κ2) is 6.36. The second-order valence-corrected chi connectivity index (χ2v) is 2.52. The lowest BCUT2D eigenvalue weighted by atomic mass is 10.5. The van der Waals surface area contributed by atoms with Gasteiger partial charge in [-0.1, -0.05) is 15.9 Å². The number of carbonyl (C=O) groups is 1. The molecule has 2 nitrogen and oxygen atoms in total. The molecule has 0 saturated heterocycles. The topological polar surface area (TPSA) is 26.3 Å². The Balaban J connectivity index is 3.06. The summed E-state index contributed by atoms with van der Waals surface area (Å²) in [6, 6.07) is 0. The smallest absolute Gasteiger partial charge is 0.306 e. The maximum Gasteiger partial charge on any atom is 0.306 e. The Morgan fingerprint density at radius 3 is 2.78 bits per heavy atom. The van der Waals surface area contributed by atoms with Gasteiger partial charge in [0.25, 0.3) is 0 Å². The molecule has 0 fully saturated rings. The van der Waals surface area contributed by atoms with Crippen LogP contribution in [-0.2, 0) is 9.53 Å². The van der Waals surface area contributed by atoms with E-state index in [4.69, 9.17) is 11.6 Å². The predicted molar refractivity (Wildman–Crippen MR) is 40.1 cm³/mol. The lowest BCUT2D eigenvalue weighted by Gasteiger charge is -1.97. The first-order valence-electron chi connectivity index (χ1n) is 2.58. The van der Waals surface area contributed by atoms with Crippen molar-refractivity contribution in [2.24, 2.45) is 0 Å². The molecular weight excluding hydrogens is 207 g/mol. The van der Waals surface area contributed by atoms with Crippen molar-refractivity contribution in [3.05, 3.63) is 0 Å². The first-order valence-corrected chi connectivity index (χ1v) is 4.24. The van der Waals surface area contributed by atoms with Gasteiger partial charge in [0.2, 0.25) is 0 Å². The van der Waals surface area contributed by atoms with Crippen molar-refractivity contribution < 1.29 is 9.53 Å². The Morgan fingerprint density at radius 2 is 2.33 bits per heavy atom. The molecule has 0 heterocycles. The number of hydrogen-bond acceptors (Lipinski definition) is 2. The molecule has 54 valence electrons. The molecule has 9 heavy (non-hydrogen) atoms. The molecule has 0 bridgehead atoms. The summed E-state index contributed by atoms with van der Waals surface area (Å²) in [7, 11) is 0. The summed E-state index contributed by atoms with van der Waals surface area (Å²) in [4.78, 5) is 10.5. The molecule has 0 aliphatic rings. The third-order valence-corrected chi connectivity index (χ3v) is 1.19. The van der Waals surface area contributed by atoms with Gasteiger partial charge >= 0.3 is 5.97 Å². The van der Waals surface area contributed by atoms with Gasteiger partial charge in [-0.15, -0.1) is 11.6 Å². The molecule has 0 aromatic carbocycles. The van der Waals surface area contributed by atoms with E-state index in [-0.39, 0.29) is 5.97 Å². The zero-order chi connectivity index (χ0) is 7.11. The molecule has 0 aromatic rings. The average Bonchev–Trinajstić information content (AvgIpc) is 1.85. The monoisotopic (exact) mass is 214 g/mol. The van der Waals surface area contributed by atoms with Crippen LogP contribution in [0.1, 0.15) is 6.42 Å². The van der Waals surface area contributed by atoms with Gasteiger partial charge in [0, 0.05) is 5.33 Å². The van der Waals surface area contributed by atoms with Crippen LogP contribution in [0.15, 0.2) is 0 Å². The predicted octanol–water partition coefficient (Wildman–Crippen LogP) is 1.55. The first-order chi connectivity index (χ1) is 4.31. The number of esters is 1. The third-order valence-electron chi connectivity index (χ3n) is 0.639. The molecule has 0 aliphatic carbocycles. The van der Waals surface area contributed by atoms with Crippen molar-refractivity contribution in [3.63, 3.8) is 0 Å². The zero-order valence-corrected chi connectivity index (χ0v) is 7.24. The van der Waals surface area contributed by atoms with Crippen molar-refractivity contribution in [3.8, 4) is 0 Å². The van der Waals surface area contributed by atoms with E-state index in [2.05, 4.69) is 20.7 Å². The number of ether oxygens (including phenoxy) is 1. The molecule has 0 N–H and O–H groups in total. The third kappa shape index (κ3) is 6.12. The minimum atomic E-state index is -0.201. The summed E-state index contributed by atoms with van der Waals surface area (Å²) < 4.78 is 4.63. The molecule has 0 radical (unpaired) electrons. The van der Waals surface area contributed by atoms with Gasteiger partial charge in [-0.2, -0.15) is 0 Å². The van der Waals surface area contributed by atoms with Gasteiger partial charge in [-0.25, -0.2) is 0 Å². The second-order valence-electron chi connectivity index (χ2n) is 1.35. The number of carbonyl (C=O) groups excluding carboxylic acids is 1. The normalized spacial score (nSPS) is 9.11. The maximum absolute atomic E-state index is 10.5.